The lowest BCUT2D eigenvalue weighted by Crippen LogP contribution is -2.46. The maximum atomic E-state index is 12.9. The number of carbonyl (C=O) groups excluding carboxylic acids is 2. The van der Waals surface area contributed by atoms with Gasteiger partial charge in [-0.1, -0.05) is 13.0 Å². The van der Waals surface area contributed by atoms with E-state index in [4.69, 9.17) is 10.4 Å². The van der Waals surface area contributed by atoms with E-state index >= 15 is 0 Å². The molecule has 2 amide bonds. The van der Waals surface area contributed by atoms with Gasteiger partial charge in [0.25, 0.3) is 0 Å². The summed E-state index contributed by atoms with van der Waals surface area (Å²) in [6.07, 6.45) is 1.12. The van der Waals surface area contributed by atoms with Crippen LogP contribution in [0.1, 0.15) is 37.9 Å². The van der Waals surface area contributed by atoms with Crippen LogP contribution < -0.4 is 11.1 Å². The number of nitrogens with one attached hydrogen (secondary N) is 1. The zero-order chi connectivity index (χ0) is 21.2. The number of piperidine rings is 1. The highest BCUT2D eigenvalue weighted by Gasteiger charge is 2.38. The normalized spacial score (nSPS) is 16.6. The van der Waals surface area contributed by atoms with E-state index in [0.29, 0.717) is 31.6 Å². The minimum Gasteiger partial charge on any atom is -0.382 e. The Hall–Kier alpha value is -2.50. The van der Waals surface area contributed by atoms with Crippen LogP contribution in [0, 0.1) is 15.9 Å². The Balaban J connectivity index is 1.74. The summed E-state index contributed by atoms with van der Waals surface area (Å²) in [5, 5.41) is 10.3. The third-order valence-corrected chi connectivity index (χ3v) is 6.39. The molecule has 0 aliphatic carbocycles. The molecule has 0 bridgehead atoms. The van der Waals surface area contributed by atoms with Crippen molar-refractivity contribution >= 4 is 51.7 Å². The van der Waals surface area contributed by atoms with E-state index < -0.39 is 5.41 Å². The average molecular weight is 510 g/mol. The molecule has 1 aromatic heterocycles. The number of benzene rings is 1. The number of rotatable bonds is 4. The number of anilines is 1. The molecule has 10 heteroatoms. The fourth-order valence-electron chi connectivity index (χ4n) is 3.08. The number of carbonyl (C=O) groups is 2. The van der Waals surface area contributed by atoms with Crippen molar-refractivity contribution < 1.29 is 14.2 Å². The van der Waals surface area contributed by atoms with E-state index in [9.17, 15) is 9.59 Å². The first-order valence-corrected chi connectivity index (χ1v) is 10.3. The number of hydrogen-bond acceptors (Lipinski definition) is 6. The zero-order valence-electron chi connectivity index (χ0n) is 16.5. The molecular weight excluding hydrogens is 487 g/mol. The molecule has 9 nitrogen and oxygen atoms in total. The highest BCUT2D eigenvalue weighted by Crippen LogP contribution is 2.32. The second-order valence-electron chi connectivity index (χ2n) is 7.41. The topological polar surface area (TPSA) is 127 Å². The van der Waals surface area contributed by atoms with Crippen molar-refractivity contribution in [1.29, 1.82) is 0 Å². The smallest absolute Gasteiger partial charge is 0.231 e. The Kier molecular flexibility index (Phi) is 6.20. The quantitative estimate of drug-likeness (QED) is 0.370. The van der Waals surface area contributed by atoms with Gasteiger partial charge in [0.15, 0.2) is 11.5 Å². The van der Waals surface area contributed by atoms with Gasteiger partial charge in [0.05, 0.1) is 11.1 Å². The van der Waals surface area contributed by atoms with Crippen LogP contribution in [0.5, 0.6) is 0 Å². The van der Waals surface area contributed by atoms with Gasteiger partial charge in [-0.25, -0.2) is 9.62 Å². The molecule has 3 rings (SSSR count). The van der Waals surface area contributed by atoms with Crippen LogP contribution in [0.4, 0.5) is 11.5 Å². The lowest BCUT2D eigenvalue weighted by molar-refractivity contribution is -0.135. The molecule has 154 valence electrons. The lowest BCUT2D eigenvalue weighted by atomic mass is 9.79. The number of likely N-dealkylation sites (tertiary alicyclic amines) is 1. The summed E-state index contributed by atoms with van der Waals surface area (Å²) in [6.45, 7) is 6.50. The molecule has 0 spiro atoms. The van der Waals surface area contributed by atoms with Gasteiger partial charge in [-0.05, 0) is 70.4 Å². The van der Waals surface area contributed by atoms with Gasteiger partial charge in [-0.3, -0.25) is 9.59 Å². The summed E-state index contributed by atoms with van der Waals surface area (Å²) in [5.74, 6) is 0.0339. The molecule has 0 saturated carbocycles. The highest BCUT2D eigenvalue weighted by atomic mass is 127. The predicted molar refractivity (Wildman–Crippen MR) is 117 cm³/mol. The van der Waals surface area contributed by atoms with E-state index in [1.807, 2.05) is 32.0 Å². The van der Waals surface area contributed by atoms with E-state index in [2.05, 4.69) is 43.2 Å². The monoisotopic (exact) mass is 510 g/mol. The number of aliphatic imine (C=N–C) groups is 1. The fourth-order valence-corrected chi connectivity index (χ4v) is 3.58. The van der Waals surface area contributed by atoms with Crippen LogP contribution in [0.2, 0.25) is 0 Å². The van der Waals surface area contributed by atoms with Crippen LogP contribution >= 0.6 is 22.6 Å². The number of nitrogens with two attached hydrogens (primary N) is 1. The van der Waals surface area contributed by atoms with Crippen LogP contribution in [0.3, 0.4) is 0 Å². The van der Waals surface area contributed by atoms with Gasteiger partial charge >= 0.3 is 0 Å². The van der Waals surface area contributed by atoms with E-state index in [1.165, 1.54) is 6.92 Å². The number of nitrogens with zero attached hydrogens (tertiary/aromatic N) is 4. The third-order valence-electron chi connectivity index (χ3n) is 5.23. The first kappa shape index (κ1) is 21.2. The largest absolute Gasteiger partial charge is 0.382 e. The number of amidine groups is 1. The number of hydrogen-bond donors (Lipinski definition) is 2. The number of amides is 2. The molecule has 1 aromatic carbocycles. The summed E-state index contributed by atoms with van der Waals surface area (Å²) in [5.41, 5.74) is 7.45. The Bertz CT molecular complexity index is 963. The van der Waals surface area contributed by atoms with Crippen LogP contribution in [0.15, 0.2) is 27.8 Å². The van der Waals surface area contributed by atoms with Crippen molar-refractivity contribution in [3.05, 3.63) is 33.0 Å². The molecule has 2 heterocycles. The fraction of sp³-hybridized carbons (Fsp3) is 0.421. The minimum atomic E-state index is -0.624. The maximum Gasteiger partial charge on any atom is 0.231 e. The molecule has 2 aromatic rings. The van der Waals surface area contributed by atoms with Gasteiger partial charge < -0.3 is 16.0 Å². The first-order valence-electron chi connectivity index (χ1n) is 9.20. The van der Waals surface area contributed by atoms with Crippen LogP contribution in [-0.4, -0.2) is 46.0 Å². The van der Waals surface area contributed by atoms with Crippen molar-refractivity contribution in [3.63, 3.8) is 0 Å². The zero-order valence-corrected chi connectivity index (χ0v) is 18.7. The molecule has 0 radical (unpaired) electrons. The molecule has 1 fully saturated rings. The van der Waals surface area contributed by atoms with Crippen molar-refractivity contribution in [2.24, 2.45) is 16.1 Å². The summed E-state index contributed by atoms with van der Waals surface area (Å²) in [6, 6.07) is 5.70. The number of aryl methyl sites for hydroxylation is 1. The summed E-state index contributed by atoms with van der Waals surface area (Å²) < 4.78 is 5.85. The van der Waals surface area contributed by atoms with Gasteiger partial charge in [-0.15, -0.1) is 0 Å². The van der Waals surface area contributed by atoms with E-state index in [-0.39, 0.29) is 29.2 Å². The molecule has 0 unspecified atom stereocenters. The maximum absolute atomic E-state index is 12.9. The third kappa shape index (κ3) is 4.74. The second kappa shape index (κ2) is 8.47. The van der Waals surface area contributed by atoms with Crippen molar-refractivity contribution in [3.8, 4) is 0 Å². The Morgan fingerprint density at radius 1 is 1.31 bits per heavy atom. The van der Waals surface area contributed by atoms with Crippen molar-refractivity contribution in [2.75, 3.05) is 18.4 Å². The van der Waals surface area contributed by atoms with E-state index in [1.54, 1.807) is 4.90 Å². The van der Waals surface area contributed by atoms with E-state index in [0.717, 1.165) is 9.13 Å². The second-order valence-corrected chi connectivity index (χ2v) is 8.58. The summed E-state index contributed by atoms with van der Waals surface area (Å²) in [4.78, 5) is 30.5. The van der Waals surface area contributed by atoms with Gasteiger partial charge in [0, 0.05) is 23.6 Å². The lowest BCUT2D eigenvalue weighted by Gasteiger charge is -2.37. The first-order chi connectivity index (χ1) is 13.7. The average Bonchev–Trinajstić information content (AvgIpc) is 3.13. The Labute approximate surface area is 182 Å². The van der Waals surface area contributed by atoms with Gasteiger partial charge in [0.1, 0.15) is 0 Å². The summed E-state index contributed by atoms with van der Waals surface area (Å²) in [7, 11) is 0. The molecule has 1 aliphatic heterocycles. The standard InChI is InChI=1S/C19H23IN6O3/c1-11-4-5-13(10-14(11)20)22-16(21)15-17(25-29-24-15)23-18(28)19(3)6-8-26(9-7-19)12(2)27/h4-5,10H,6-9H2,1-3H3,(H2,21,22)(H,23,25,28). The SMILES string of the molecule is CC(=O)N1CCC(C)(C(=O)Nc2nonc2C(N)=Nc2ccc(C)c(I)c2)CC1. The molecule has 1 saturated heterocycles. The highest BCUT2D eigenvalue weighted by molar-refractivity contribution is 14.1. The Morgan fingerprint density at radius 3 is 2.62 bits per heavy atom. The Morgan fingerprint density at radius 2 is 2.00 bits per heavy atom. The minimum absolute atomic E-state index is 0.0187. The molecule has 1 aliphatic rings. The van der Waals surface area contributed by atoms with Gasteiger partial charge in [-0.2, -0.15) is 0 Å². The molecular formula is C19H23IN6O3. The number of aromatic nitrogens is 2. The molecule has 3 N–H and O–H groups in total. The van der Waals surface area contributed by atoms with Crippen molar-refractivity contribution in [1.82, 2.24) is 15.2 Å². The number of halogens is 1. The van der Waals surface area contributed by atoms with Gasteiger partial charge in [0.2, 0.25) is 17.6 Å². The van der Waals surface area contributed by atoms with Crippen LogP contribution in [0.25, 0.3) is 0 Å². The predicted octanol–water partition coefficient (Wildman–Crippen LogP) is 2.61. The van der Waals surface area contributed by atoms with Crippen LogP contribution in [-0.2, 0) is 9.59 Å². The molecule has 0 atom stereocenters. The van der Waals surface area contributed by atoms with Crippen molar-refractivity contribution in [2.45, 2.75) is 33.6 Å². The molecule has 29 heavy (non-hydrogen) atoms. The summed E-state index contributed by atoms with van der Waals surface area (Å²) >= 11 is 2.23.